The van der Waals surface area contributed by atoms with E-state index in [0.29, 0.717) is 6.04 Å². The number of hydrogen-bond donors (Lipinski definition) is 3. The third kappa shape index (κ3) is 17.1. The second-order valence-corrected chi connectivity index (χ2v) is 8.60. The van der Waals surface area contributed by atoms with Gasteiger partial charge in [0.15, 0.2) is 0 Å². The molecule has 0 aliphatic rings. The van der Waals surface area contributed by atoms with Gasteiger partial charge in [-0.05, 0) is 32.2 Å². The van der Waals surface area contributed by atoms with Crippen LogP contribution in [0.25, 0.3) is 0 Å². The summed E-state index contributed by atoms with van der Waals surface area (Å²) in [6.45, 7) is 8.81. The quantitative estimate of drug-likeness (QED) is 0.219. The molecular weight excluding hydrogens is 358 g/mol. The van der Waals surface area contributed by atoms with Crippen LogP contribution in [0.3, 0.4) is 0 Å². The van der Waals surface area contributed by atoms with Crippen LogP contribution in [0.1, 0.15) is 84.5 Å². The molecule has 0 atom stereocenters. The fourth-order valence-electron chi connectivity index (χ4n) is 3.45. The van der Waals surface area contributed by atoms with Gasteiger partial charge in [-0.15, -0.1) is 0 Å². The Hall–Kier alpha value is -1.49. The summed E-state index contributed by atoms with van der Waals surface area (Å²) < 4.78 is 2.23. The SMILES string of the molecule is CC(C)NCCCN/C=C\N(C)CCCCCCCCCCCC[n+]1cc[nH]c1. The molecule has 0 amide bonds. The van der Waals surface area contributed by atoms with Crippen LogP contribution in [0, 0.1) is 0 Å². The Morgan fingerprint density at radius 1 is 0.897 bits per heavy atom. The van der Waals surface area contributed by atoms with Gasteiger partial charge in [-0.2, -0.15) is 0 Å². The first-order valence-electron chi connectivity index (χ1n) is 12.0. The Bertz CT molecular complexity index is 470. The molecule has 3 N–H and O–H groups in total. The van der Waals surface area contributed by atoms with E-state index in [0.717, 1.165) is 26.2 Å². The van der Waals surface area contributed by atoms with Crippen LogP contribution in [0.5, 0.6) is 0 Å². The van der Waals surface area contributed by atoms with Gasteiger partial charge in [0.1, 0.15) is 12.4 Å². The van der Waals surface area contributed by atoms with Gasteiger partial charge in [-0.3, -0.25) is 4.98 Å². The maximum absolute atomic E-state index is 3.44. The smallest absolute Gasteiger partial charge is 0.241 e. The minimum atomic E-state index is 0.585. The van der Waals surface area contributed by atoms with Crippen LogP contribution < -0.4 is 15.2 Å². The lowest BCUT2D eigenvalue weighted by molar-refractivity contribution is -0.696. The maximum Gasteiger partial charge on any atom is 0.241 e. The number of nitrogens with one attached hydrogen (secondary N) is 3. The number of aromatic amines is 1. The number of H-pyrrole nitrogens is 1. The lowest BCUT2D eigenvalue weighted by atomic mass is 10.1. The van der Waals surface area contributed by atoms with Crippen molar-refractivity contribution >= 4 is 0 Å². The standard InChI is InChI=1S/C24H47N5/c1-24(2)27-16-14-15-25-17-21-28(3)19-12-10-8-6-4-5-7-9-11-13-20-29-22-18-26-23-29/h17-18,21-25,27H,4-16,19-20H2,1-3H3/p+1/b21-17-. The van der Waals surface area contributed by atoms with E-state index in [1.165, 1.54) is 70.6 Å². The summed E-state index contributed by atoms with van der Waals surface area (Å²) in [5.41, 5.74) is 0. The Balaban J connectivity index is 1.76. The molecule has 0 bridgehead atoms. The average Bonchev–Trinajstić information content (AvgIpc) is 3.21. The number of nitrogens with zero attached hydrogens (tertiary/aromatic N) is 2. The highest BCUT2D eigenvalue weighted by Gasteiger charge is 1.97. The number of hydrogen-bond acceptors (Lipinski definition) is 3. The van der Waals surface area contributed by atoms with Crippen LogP contribution in [0.15, 0.2) is 31.1 Å². The Morgan fingerprint density at radius 3 is 2.17 bits per heavy atom. The normalized spacial score (nSPS) is 11.6. The van der Waals surface area contributed by atoms with Crippen molar-refractivity contribution in [3.8, 4) is 0 Å². The molecule has 1 aromatic rings. The molecule has 1 heterocycles. The molecule has 29 heavy (non-hydrogen) atoms. The summed E-state index contributed by atoms with van der Waals surface area (Å²) in [7, 11) is 2.17. The summed E-state index contributed by atoms with van der Waals surface area (Å²) in [4.78, 5) is 5.39. The first-order chi connectivity index (χ1) is 14.2. The molecule has 1 rings (SSSR count). The summed E-state index contributed by atoms with van der Waals surface area (Å²) in [6, 6.07) is 0.585. The molecule has 0 aliphatic carbocycles. The topological polar surface area (TPSA) is 47.0 Å². The number of aromatic nitrogens is 2. The summed E-state index contributed by atoms with van der Waals surface area (Å²) in [5, 5.41) is 6.81. The van der Waals surface area contributed by atoms with Crippen molar-refractivity contribution in [3.05, 3.63) is 31.1 Å². The first kappa shape index (κ1) is 25.5. The van der Waals surface area contributed by atoms with E-state index in [2.05, 4.69) is 64.6 Å². The van der Waals surface area contributed by atoms with Crippen LogP contribution in [0.4, 0.5) is 0 Å². The third-order valence-corrected chi connectivity index (χ3v) is 5.28. The van der Waals surface area contributed by atoms with E-state index < -0.39 is 0 Å². The molecule has 0 aliphatic heterocycles. The fraction of sp³-hybridized carbons (Fsp3) is 0.792. The van der Waals surface area contributed by atoms with E-state index in [9.17, 15) is 0 Å². The average molecular weight is 407 g/mol. The molecule has 5 heteroatoms. The van der Waals surface area contributed by atoms with E-state index in [-0.39, 0.29) is 0 Å². The third-order valence-electron chi connectivity index (χ3n) is 5.28. The van der Waals surface area contributed by atoms with Crippen molar-refractivity contribution in [1.82, 2.24) is 20.5 Å². The second-order valence-electron chi connectivity index (χ2n) is 8.60. The van der Waals surface area contributed by atoms with Gasteiger partial charge in [0.05, 0.1) is 6.54 Å². The molecule has 0 spiro atoms. The molecular formula is C24H48N5+. The van der Waals surface area contributed by atoms with Crippen LogP contribution >= 0.6 is 0 Å². The zero-order valence-electron chi connectivity index (χ0n) is 19.5. The van der Waals surface area contributed by atoms with Gasteiger partial charge in [0, 0.05) is 38.6 Å². The number of rotatable bonds is 20. The molecule has 0 unspecified atom stereocenters. The van der Waals surface area contributed by atoms with Gasteiger partial charge >= 0.3 is 0 Å². The lowest BCUT2D eigenvalue weighted by Gasteiger charge is -2.14. The van der Waals surface area contributed by atoms with E-state index in [1.807, 2.05) is 12.5 Å². The Labute approximate surface area is 180 Å². The molecule has 0 radical (unpaired) electrons. The molecule has 1 aromatic heterocycles. The summed E-state index contributed by atoms with van der Waals surface area (Å²) >= 11 is 0. The summed E-state index contributed by atoms with van der Waals surface area (Å²) in [6.07, 6.45) is 25.3. The van der Waals surface area contributed by atoms with Crippen LogP contribution in [-0.2, 0) is 6.54 Å². The van der Waals surface area contributed by atoms with Crippen molar-refractivity contribution in [3.63, 3.8) is 0 Å². The predicted molar refractivity (Wildman–Crippen MR) is 125 cm³/mol. The largest absolute Gasteiger partial charge is 0.390 e. The first-order valence-corrected chi connectivity index (χ1v) is 12.0. The van der Waals surface area contributed by atoms with Crippen molar-refractivity contribution < 1.29 is 4.57 Å². The second kappa shape index (κ2) is 18.5. The lowest BCUT2D eigenvalue weighted by Crippen LogP contribution is -2.30. The zero-order valence-corrected chi connectivity index (χ0v) is 19.5. The van der Waals surface area contributed by atoms with Gasteiger partial charge < -0.3 is 15.5 Å². The van der Waals surface area contributed by atoms with Crippen molar-refractivity contribution in [2.75, 3.05) is 26.7 Å². The van der Waals surface area contributed by atoms with Crippen LogP contribution in [0.2, 0.25) is 0 Å². The minimum absolute atomic E-state index is 0.585. The summed E-state index contributed by atoms with van der Waals surface area (Å²) in [5.74, 6) is 0. The molecule has 0 aromatic carbocycles. The van der Waals surface area contributed by atoms with E-state index in [1.54, 1.807) is 0 Å². The van der Waals surface area contributed by atoms with Gasteiger partial charge in [0.25, 0.3) is 0 Å². The van der Waals surface area contributed by atoms with Crippen LogP contribution in [-0.4, -0.2) is 42.6 Å². The zero-order chi connectivity index (χ0) is 21.0. The maximum atomic E-state index is 3.44. The minimum Gasteiger partial charge on any atom is -0.390 e. The van der Waals surface area contributed by atoms with Gasteiger partial charge in [-0.1, -0.05) is 58.8 Å². The number of unbranched alkanes of at least 4 members (excludes halogenated alkanes) is 9. The van der Waals surface area contributed by atoms with Crippen molar-refractivity contribution in [2.24, 2.45) is 0 Å². The number of imidazole rings is 1. The highest BCUT2D eigenvalue weighted by Crippen LogP contribution is 2.10. The molecule has 5 nitrogen and oxygen atoms in total. The highest BCUT2D eigenvalue weighted by molar-refractivity contribution is 4.78. The number of aryl methyl sites for hydroxylation is 1. The van der Waals surface area contributed by atoms with Crippen molar-refractivity contribution in [2.45, 2.75) is 97.1 Å². The molecule has 0 saturated heterocycles. The van der Waals surface area contributed by atoms with E-state index >= 15 is 0 Å². The van der Waals surface area contributed by atoms with Gasteiger partial charge in [-0.25, -0.2) is 4.57 Å². The predicted octanol–water partition coefficient (Wildman–Crippen LogP) is 4.58. The monoisotopic (exact) mass is 406 g/mol. The highest BCUT2D eigenvalue weighted by atomic mass is 15.1. The Kier molecular flexibility index (Phi) is 16.3. The fourth-order valence-corrected chi connectivity index (χ4v) is 3.45. The molecule has 168 valence electrons. The van der Waals surface area contributed by atoms with E-state index in [4.69, 9.17) is 0 Å². The van der Waals surface area contributed by atoms with Gasteiger partial charge in [0.2, 0.25) is 6.33 Å². The Morgan fingerprint density at radius 2 is 1.55 bits per heavy atom. The molecule has 0 saturated carbocycles. The molecule has 0 fully saturated rings. The van der Waals surface area contributed by atoms with Crippen molar-refractivity contribution in [1.29, 1.82) is 0 Å².